The molecule has 0 bridgehead atoms. The summed E-state index contributed by atoms with van der Waals surface area (Å²) in [6, 6.07) is 13.4. The summed E-state index contributed by atoms with van der Waals surface area (Å²) in [7, 11) is 0. The molecule has 0 amide bonds. The summed E-state index contributed by atoms with van der Waals surface area (Å²) in [6.07, 6.45) is 0.672. The lowest BCUT2D eigenvalue weighted by atomic mass is 10.0. The van der Waals surface area contributed by atoms with Crippen LogP contribution in [0, 0.1) is 0 Å². The van der Waals surface area contributed by atoms with Crippen molar-refractivity contribution in [2.75, 3.05) is 0 Å². The molecule has 2 aromatic rings. The van der Waals surface area contributed by atoms with E-state index in [4.69, 9.17) is 11.6 Å². The Morgan fingerprint density at radius 1 is 1.12 bits per heavy atom. The van der Waals surface area contributed by atoms with Crippen molar-refractivity contribution in [2.45, 2.75) is 6.42 Å². The van der Waals surface area contributed by atoms with Crippen LogP contribution in [0.2, 0.25) is 5.02 Å². The molecule has 3 heteroatoms. The molecule has 0 aliphatic heterocycles. The minimum absolute atomic E-state index is 0.258. The quantitative estimate of drug-likeness (QED) is 0.871. The van der Waals surface area contributed by atoms with Crippen molar-refractivity contribution >= 4 is 27.5 Å². The molecule has 0 saturated heterocycles. The average Bonchev–Trinajstić information content (AvgIpc) is 2.27. The molecule has 0 heterocycles. The first-order valence-electron chi connectivity index (χ1n) is 4.87. The van der Waals surface area contributed by atoms with Gasteiger partial charge in [0.05, 0.1) is 4.47 Å². The Kier molecular flexibility index (Phi) is 3.52. The predicted molar refractivity (Wildman–Crippen MR) is 70.1 cm³/mol. The Morgan fingerprint density at radius 2 is 1.81 bits per heavy atom. The number of aromatic hydroxyl groups is 1. The van der Waals surface area contributed by atoms with Gasteiger partial charge in [0, 0.05) is 17.0 Å². The Labute approximate surface area is 108 Å². The van der Waals surface area contributed by atoms with Gasteiger partial charge in [0.1, 0.15) is 5.75 Å². The molecule has 0 aliphatic rings. The highest BCUT2D eigenvalue weighted by Gasteiger charge is 2.07. The third-order valence-electron chi connectivity index (χ3n) is 2.34. The van der Waals surface area contributed by atoms with Crippen LogP contribution in [0.15, 0.2) is 46.9 Å². The fraction of sp³-hybridized carbons (Fsp3) is 0.0769. The fourth-order valence-corrected chi connectivity index (χ4v) is 2.44. The Bertz CT molecular complexity index is 497. The molecule has 82 valence electrons. The summed E-state index contributed by atoms with van der Waals surface area (Å²) in [4.78, 5) is 0. The van der Waals surface area contributed by atoms with Crippen molar-refractivity contribution in [1.82, 2.24) is 0 Å². The van der Waals surface area contributed by atoms with E-state index in [2.05, 4.69) is 15.9 Å². The van der Waals surface area contributed by atoms with Crippen LogP contribution in [0.5, 0.6) is 5.75 Å². The molecule has 0 saturated carbocycles. The SMILES string of the molecule is Oc1c(Br)cc(Cl)cc1Cc1ccccc1. The molecular weight excluding hydrogens is 287 g/mol. The molecule has 0 unspecified atom stereocenters. The zero-order valence-electron chi connectivity index (χ0n) is 8.45. The predicted octanol–water partition coefficient (Wildman–Crippen LogP) is 4.40. The van der Waals surface area contributed by atoms with E-state index >= 15 is 0 Å². The van der Waals surface area contributed by atoms with Crippen molar-refractivity contribution in [3.8, 4) is 5.75 Å². The molecule has 0 aliphatic carbocycles. The maximum atomic E-state index is 9.88. The normalized spacial score (nSPS) is 10.4. The Hall–Kier alpha value is -0.990. The number of halogens is 2. The standard InChI is InChI=1S/C13H10BrClO/c14-12-8-11(15)7-10(13(12)16)6-9-4-2-1-3-5-9/h1-5,7-8,16H,6H2. The van der Waals surface area contributed by atoms with E-state index in [1.807, 2.05) is 30.3 Å². The fourth-order valence-electron chi connectivity index (χ4n) is 1.57. The third kappa shape index (κ3) is 2.57. The second kappa shape index (κ2) is 4.89. The summed E-state index contributed by atoms with van der Waals surface area (Å²) in [5, 5.41) is 10.5. The van der Waals surface area contributed by atoms with Crippen molar-refractivity contribution in [3.05, 3.63) is 63.1 Å². The topological polar surface area (TPSA) is 20.2 Å². The van der Waals surface area contributed by atoms with Gasteiger partial charge in [-0.2, -0.15) is 0 Å². The van der Waals surface area contributed by atoms with Crippen LogP contribution in [0.3, 0.4) is 0 Å². The first-order chi connectivity index (χ1) is 7.66. The van der Waals surface area contributed by atoms with Gasteiger partial charge in [0.2, 0.25) is 0 Å². The Balaban J connectivity index is 2.35. The molecule has 0 fully saturated rings. The maximum absolute atomic E-state index is 9.88. The van der Waals surface area contributed by atoms with Crippen molar-refractivity contribution in [1.29, 1.82) is 0 Å². The number of phenols is 1. The van der Waals surface area contributed by atoms with Crippen LogP contribution in [-0.2, 0) is 6.42 Å². The summed E-state index contributed by atoms with van der Waals surface area (Å²) >= 11 is 9.22. The number of phenolic OH excluding ortho intramolecular Hbond substituents is 1. The van der Waals surface area contributed by atoms with Crippen molar-refractivity contribution in [3.63, 3.8) is 0 Å². The van der Waals surface area contributed by atoms with Crippen LogP contribution in [0.1, 0.15) is 11.1 Å². The van der Waals surface area contributed by atoms with Gasteiger partial charge < -0.3 is 5.11 Å². The molecule has 1 N–H and O–H groups in total. The van der Waals surface area contributed by atoms with Crippen molar-refractivity contribution in [2.24, 2.45) is 0 Å². The zero-order valence-corrected chi connectivity index (χ0v) is 10.8. The highest BCUT2D eigenvalue weighted by Crippen LogP contribution is 2.32. The van der Waals surface area contributed by atoms with Crippen LogP contribution in [0.4, 0.5) is 0 Å². The van der Waals surface area contributed by atoms with Crippen LogP contribution < -0.4 is 0 Å². The van der Waals surface area contributed by atoms with Gasteiger partial charge in [-0.1, -0.05) is 41.9 Å². The molecule has 2 aromatic carbocycles. The van der Waals surface area contributed by atoms with Gasteiger partial charge >= 0.3 is 0 Å². The lowest BCUT2D eigenvalue weighted by molar-refractivity contribution is 0.466. The summed E-state index contributed by atoms with van der Waals surface area (Å²) in [6.45, 7) is 0. The van der Waals surface area contributed by atoms with Gasteiger partial charge in [0.25, 0.3) is 0 Å². The monoisotopic (exact) mass is 296 g/mol. The van der Waals surface area contributed by atoms with Crippen molar-refractivity contribution < 1.29 is 5.11 Å². The minimum atomic E-state index is 0.258. The van der Waals surface area contributed by atoms with Crippen LogP contribution >= 0.6 is 27.5 Å². The van der Waals surface area contributed by atoms with E-state index in [0.717, 1.165) is 11.1 Å². The van der Waals surface area contributed by atoms with Gasteiger partial charge in [0.15, 0.2) is 0 Å². The van der Waals surface area contributed by atoms with Gasteiger partial charge in [-0.3, -0.25) is 0 Å². The molecule has 2 rings (SSSR count). The largest absolute Gasteiger partial charge is 0.506 e. The molecular formula is C13H10BrClO. The molecule has 1 nitrogen and oxygen atoms in total. The maximum Gasteiger partial charge on any atom is 0.133 e. The van der Waals surface area contributed by atoms with E-state index in [1.54, 1.807) is 12.1 Å². The minimum Gasteiger partial charge on any atom is -0.506 e. The zero-order chi connectivity index (χ0) is 11.5. The second-order valence-electron chi connectivity index (χ2n) is 3.56. The number of hydrogen-bond donors (Lipinski definition) is 1. The highest BCUT2D eigenvalue weighted by molar-refractivity contribution is 9.10. The smallest absolute Gasteiger partial charge is 0.133 e. The van der Waals surface area contributed by atoms with E-state index in [0.29, 0.717) is 15.9 Å². The molecule has 0 aromatic heterocycles. The van der Waals surface area contributed by atoms with Crippen LogP contribution in [0.25, 0.3) is 0 Å². The first-order valence-corrected chi connectivity index (χ1v) is 6.05. The van der Waals surface area contributed by atoms with Crippen LogP contribution in [-0.4, -0.2) is 5.11 Å². The van der Waals surface area contributed by atoms with Gasteiger partial charge in [-0.15, -0.1) is 0 Å². The third-order valence-corrected chi connectivity index (χ3v) is 3.17. The number of rotatable bonds is 2. The summed E-state index contributed by atoms with van der Waals surface area (Å²) in [5.74, 6) is 0.258. The second-order valence-corrected chi connectivity index (χ2v) is 4.85. The van der Waals surface area contributed by atoms with E-state index in [-0.39, 0.29) is 5.75 Å². The molecule has 0 radical (unpaired) electrons. The van der Waals surface area contributed by atoms with Gasteiger partial charge in [-0.25, -0.2) is 0 Å². The lowest BCUT2D eigenvalue weighted by Gasteiger charge is -2.07. The highest BCUT2D eigenvalue weighted by atomic mass is 79.9. The van der Waals surface area contributed by atoms with E-state index in [1.165, 1.54) is 0 Å². The Morgan fingerprint density at radius 3 is 2.50 bits per heavy atom. The average molecular weight is 298 g/mol. The number of hydrogen-bond acceptors (Lipinski definition) is 1. The molecule has 16 heavy (non-hydrogen) atoms. The van der Waals surface area contributed by atoms with E-state index < -0.39 is 0 Å². The molecule has 0 spiro atoms. The van der Waals surface area contributed by atoms with E-state index in [9.17, 15) is 5.11 Å². The first kappa shape index (κ1) is 11.5. The lowest BCUT2D eigenvalue weighted by Crippen LogP contribution is -1.89. The summed E-state index contributed by atoms with van der Waals surface area (Å²) < 4.78 is 0.630. The van der Waals surface area contributed by atoms with Gasteiger partial charge in [-0.05, 0) is 33.6 Å². The molecule has 0 atom stereocenters. The number of benzene rings is 2. The summed E-state index contributed by atoms with van der Waals surface area (Å²) in [5.41, 5.74) is 1.97.